The number of fused-ring (bicyclic) bond motifs is 1. The summed E-state index contributed by atoms with van der Waals surface area (Å²) in [7, 11) is -4.01. The second kappa shape index (κ2) is 9.52. The summed E-state index contributed by atoms with van der Waals surface area (Å²) in [5, 5.41) is 1.65. The van der Waals surface area contributed by atoms with Crippen LogP contribution in [0.4, 0.5) is 0 Å². The normalized spacial score (nSPS) is 16.7. The van der Waals surface area contributed by atoms with E-state index in [1.807, 2.05) is 47.5 Å². The molecule has 1 aliphatic carbocycles. The number of sulfonamides is 1. The SMILES string of the molecule is O=C1C(NS(=O)(=O)c2cccs2)=C(N2CCN(/C=C/c3ccccc3)CC2)C(=O)c2ccccc21. The minimum absolute atomic E-state index is 0.0827. The number of ketones is 2. The standard InChI is InChI=1S/C26H23N3O4S2/c30-25-20-9-4-5-10-21(20)26(31)24(23(25)27-35(32,33)22-11-6-18-34-22)29-16-14-28(15-17-29)13-12-19-7-2-1-3-8-19/h1-13,18,27H,14-17H2/b13-12+. The maximum Gasteiger partial charge on any atom is 0.271 e. The number of thiophene rings is 1. The molecule has 35 heavy (non-hydrogen) atoms. The first-order valence-corrected chi connectivity index (χ1v) is 13.5. The summed E-state index contributed by atoms with van der Waals surface area (Å²) in [6.45, 7) is 2.20. The molecule has 2 aromatic carbocycles. The van der Waals surface area contributed by atoms with E-state index in [0.717, 1.165) is 16.9 Å². The molecular formula is C26H23N3O4S2. The number of piperazine rings is 1. The van der Waals surface area contributed by atoms with Gasteiger partial charge in [-0.2, -0.15) is 0 Å². The van der Waals surface area contributed by atoms with Crippen molar-refractivity contribution in [2.24, 2.45) is 0 Å². The van der Waals surface area contributed by atoms with Crippen LogP contribution in [0.1, 0.15) is 26.3 Å². The lowest BCUT2D eigenvalue weighted by atomic mass is 9.90. The number of hydrogen-bond acceptors (Lipinski definition) is 7. The largest absolute Gasteiger partial charge is 0.374 e. The highest BCUT2D eigenvalue weighted by molar-refractivity contribution is 7.91. The van der Waals surface area contributed by atoms with Crippen LogP contribution >= 0.6 is 11.3 Å². The fraction of sp³-hybridized carbons (Fsp3) is 0.154. The Morgan fingerprint density at radius 1 is 0.800 bits per heavy atom. The molecule has 1 aliphatic heterocycles. The summed E-state index contributed by atoms with van der Waals surface area (Å²) in [5.74, 6) is -0.848. The third-order valence-electron chi connectivity index (χ3n) is 6.00. The lowest BCUT2D eigenvalue weighted by Gasteiger charge is -2.38. The van der Waals surface area contributed by atoms with Gasteiger partial charge in [-0.1, -0.05) is 60.7 Å². The van der Waals surface area contributed by atoms with Crippen molar-refractivity contribution in [2.45, 2.75) is 4.21 Å². The van der Waals surface area contributed by atoms with Crippen molar-refractivity contribution in [3.63, 3.8) is 0 Å². The van der Waals surface area contributed by atoms with Crippen LogP contribution in [-0.4, -0.2) is 56.0 Å². The second-order valence-electron chi connectivity index (χ2n) is 8.21. The Bertz CT molecular complexity index is 1420. The number of benzene rings is 2. The first kappa shape index (κ1) is 23.1. The first-order chi connectivity index (χ1) is 16.9. The van der Waals surface area contributed by atoms with Crippen LogP contribution in [-0.2, 0) is 10.0 Å². The van der Waals surface area contributed by atoms with E-state index in [9.17, 15) is 18.0 Å². The Morgan fingerprint density at radius 3 is 2.11 bits per heavy atom. The topological polar surface area (TPSA) is 86.8 Å². The van der Waals surface area contributed by atoms with Gasteiger partial charge in [-0.05, 0) is 29.3 Å². The fourth-order valence-corrected chi connectivity index (χ4v) is 6.27. The van der Waals surface area contributed by atoms with Gasteiger partial charge >= 0.3 is 0 Å². The van der Waals surface area contributed by atoms with Crippen LogP contribution in [0.2, 0.25) is 0 Å². The van der Waals surface area contributed by atoms with Crippen LogP contribution in [0.25, 0.3) is 6.08 Å². The molecule has 0 radical (unpaired) electrons. The number of nitrogens with one attached hydrogen (secondary N) is 1. The van der Waals surface area contributed by atoms with Gasteiger partial charge in [0.05, 0.1) is 0 Å². The maximum absolute atomic E-state index is 13.5. The van der Waals surface area contributed by atoms with Gasteiger partial charge in [-0.15, -0.1) is 11.3 Å². The zero-order chi connectivity index (χ0) is 24.4. The highest BCUT2D eigenvalue weighted by Crippen LogP contribution is 2.29. The molecule has 178 valence electrons. The van der Waals surface area contributed by atoms with Gasteiger partial charge in [0, 0.05) is 37.3 Å². The Kier molecular flexibility index (Phi) is 6.27. The molecule has 3 aromatic rings. The molecule has 2 aliphatic rings. The molecule has 1 aromatic heterocycles. The molecule has 5 rings (SSSR count). The quantitative estimate of drug-likeness (QED) is 0.551. The number of Topliss-reactive ketones (excluding diaryl/α,β-unsaturated/α-hetero) is 2. The predicted molar refractivity (Wildman–Crippen MR) is 135 cm³/mol. The van der Waals surface area contributed by atoms with Crippen molar-refractivity contribution >= 4 is 39.0 Å². The van der Waals surface area contributed by atoms with Crippen LogP contribution in [0.15, 0.2) is 93.9 Å². The van der Waals surface area contributed by atoms with Gasteiger partial charge in [0.1, 0.15) is 15.6 Å². The summed E-state index contributed by atoms with van der Waals surface area (Å²) in [6.07, 6.45) is 4.05. The molecule has 0 bridgehead atoms. The van der Waals surface area contributed by atoms with Crippen LogP contribution < -0.4 is 4.72 Å². The van der Waals surface area contributed by atoms with Gasteiger partial charge in [-0.25, -0.2) is 8.42 Å². The van der Waals surface area contributed by atoms with E-state index in [0.29, 0.717) is 26.2 Å². The van der Waals surface area contributed by atoms with E-state index >= 15 is 0 Å². The molecule has 2 heterocycles. The number of carbonyl (C=O) groups excluding carboxylic acids is 2. The molecule has 0 saturated carbocycles. The number of nitrogens with zero attached hydrogens (tertiary/aromatic N) is 2. The fourth-order valence-electron chi connectivity index (χ4n) is 4.21. The summed E-state index contributed by atoms with van der Waals surface area (Å²) < 4.78 is 28.5. The predicted octanol–water partition coefficient (Wildman–Crippen LogP) is 3.61. The monoisotopic (exact) mass is 505 g/mol. The average molecular weight is 506 g/mol. The van der Waals surface area contributed by atoms with Crippen LogP contribution in [0, 0.1) is 0 Å². The van der Waals surface area contributed by atoms with Crippen molar-refractivity contribution in [1.82, 2.24) is 14.5 Å². The molecule has 0 spiro atoms. The lowest BCUT2D eigenvalue weighted by Crippen LogP contribution is -2.48. The van der Waals surface area contributed by atoms with Gasteiger partial charge in [0.2, 0.25) is 11.6 Å². The average Bonchev–Trinajstić information content (AvgIpc) is 3.44. The van der Waals surface area contributed by atoms with Crippen LogP contribution in [0.3, 0.4) is 0 Å². The summed E-state index contributed by atoms with van der Waals surface area (Å²) in [5.41, 5.74) is 1.51. The van der Waals surface area contributed by atoms with E-state index in [4.69, 9.17) is 0 Å². The number of allylic oxidation sites excluding steroid dienone is 2. The smallest absolute Gasteiger partial charge is 0.271 e. The Balaban J connectivity index is 1.44. The van der Waals surface area contributed by atoms with E-state index in [1.54, 1.807) is 35.7 Å². The molecule has 0 atom stereocenters. The Labute approximate surface area is 208 Å². The first-order valence-electron chi connectivity index (χ1n) is 11.2. The summed E-state index contributed by atoms with van der Waals surface area (Å²) in [4.78, 5) is 30.9. The number of rotatable bonds is 6. The molecule has 9 heteroatoms. The van der Waals surface area contributed by atoms with Crippen molar-refractivity contribution in [3.8, 4) is 0 Å². The molecule has 0 unspecified atom stereocenters. The molecule has 0 amide bonds. The summed E-state index contributed by atoms with van der Waals surface area (Å²) >= 11 is 1.05. The van der Waals surface area contributed by atoms with Crippen molar-refractivity contribution in [2.75, 3.05) is 26.2 Å². The van der Waals surface area contributed by atoms with E-state index in [2.05, 4.69) is 9.62 Å². The molecule has 1 N–H and O–H groups in total. The van der Waals surface area contributed by atoms with Gasteiger partial charge in [-0.3, -0.25) is 14.3 Å². The molecule has 1 fully saturated rings. The Hall–Kier alpha value is -3.69. The number of hydrogen-bond donors (Lipinski definition) is 1. The van der Waals surface area contributed by atoms with Gasteiger partial charge < -0.3 is 9.80 Å². The van der Waals surface area contributed by atoms with Crippen molar-refractivity contribution in [1.29, 1.82) is 0 Å². The Morgan fingerprint density at radius 2 is 1.46 bits per heavy atom. The molecular weight excluding hydrogens is 482 g/mol. The zero-order valence-corrected chi connectivity index (χ0v) is 20.4. The summed E-state index contributed by atoms with van der Waals surface area (Å²) in [6, 6.07) is 19.6. The van der Waals surface area contributed by atoms with Crippen LogP contribution in [0.5, 0.6) is 0 Å². The maximum atomic E-state index is 13.5. The van der Waals surface area contributed by atoms with Crippen molar-refractivity contribution in [3.05, 3.63) is 106 Å². The third kappa shape index (κ3) is 4.65. The highest BCUT2D eigenvalue weighted by Gasteiger charge is 2.38. The molecule has 1 saturated heterocycles. The second-order valence-corrected chi connectivity index (χ2v) is 11.1. The van der Waals surface area contributed by atoms with E-state index in [-0.39, 0.29) is 32.5 Å². The number of carbonyl (C=O) groups is 2. The van der Waals surface area contributed by atoms with Crippen molar-refractivity contribution < 1.29 is 18.0 Å². The lowest BCUT2D eigenvalue weighted by molar-refractivity contribution is 0.0918. The third-order valence-corrected chi connectivity index (χ3v) is 8.75. The van der Waals surface area contributed by atoms with Gasteiger partial charge in [0.25, 0.3) is 10.0 Å². The zero-order valence-electron chi connectivity index (χ0n) is 18.8. The van der Waals surface area contributed by atoms with E-state index < -0.39 is 15.8 Å². The van der Waals surface area contributed by atoms with E-state index in [1.165, 1.54) is 6.07 Å². The minimum atomic E-state index is -4.01. The van der Waals surface area contributed by atoms with Gasteiger partial charge in [0.15, 0.2) is 0 Å². The minimum Gasteiger partial charge on any atom is -0.374 e. The highest BCUT2D eigenvalue weighted by atomic mass is 32.2. The molecule has 7 nitrogen and oxygen atoms in total.